The third-order valence-corrected chi connectivity index (χ3v) is 5.08. The normalized spacial score (nSPS) is 11.5. The molecule has 0 unspecified atom stereocenters. The standard InChI is InChI=1S/C22H18F3N5O5/c1-9-5-6-11(33-3)14-10(2)26-20(27-16(9)14)30-21-28-17-13(34-4)8-7-12(15(17)18(31)29-21)35-19(32)22(23,24)25/h5-8H,1-4H3,(H2,26,27,28,29,30,31). The number of ether oxygens (including phenoxy) is 3. The number of nitrogens with zero attached hydrogens (tertiary/aromatic N) is 3. The molecule has 0 saturated carbocycles. The molecule has 35 heavy (non-hydrogen) atoms. The summed E-state index contributed by atoms with van der Waals surface area (Å²) in [6.45, 7) is 3.63. The van der Waals surface area contributed by atoms with Crippen molar-refractivity contribution in [3.8, 4) is 17.2 Å². The first-order valence-corrected chi connectivity index (χ1v) is 10.0. The number of carbonyl (C=O) groups excluding carboxylic acids is 1. The van der Waals surface area contributed by atoms with Gasteiger partial charge in [0.2, 0.25) is 11.9 Å². The molecule has 0 spiro atoms. The van der Waals surface area contributed by atoms with Crippen LogP contribution in [-0.4, -0.2) is 46.3 Å². The fourth-order valence-electron chi connectivity index (χ4n) is 3.51. The van der Waals surface area contributed by atoms with Crippen LogP contribution in [-0.2, 0) is 4.79 Å². The number of H-pyrrole nitrogens is 1. The Balaban J connectivity index is 1.81. The number of rotatable bonds is 5. The van der Waals surface area contributed by atoms with Gasteiger partial charge in [-0.3, -0.25) is 15.1 Å². The van der Waals surface area contributed by atoms with E-state index in [0.717, 1.165) is 17.0 Å². The zero-order chi connectivity index (χ0) is 25.5. The average Bonchev–Trinajstić information content (AvgIpc) is 2.79. The van der Waals surface area contributed by atoms with Crippen LogP contribution in [0.4, 0.5) is 25.1 Å². The molecule has 2 heterocycles. The summed E-state index contributed by atoms with van der Waals surface area (Å²) in [4.78, 5) is 39.6. The van der Waals surface area contributed by atoms with Gasteiger partial charge in [0.15, 0.2) is 0 Å². The molecule has 2 aromatic heterocycles. The van der Waals surface area contributed by atoms with Crippen LogP contribution in [0.2, 0.25) is 0 Å². The highest BCUT2D eigenvalue weighted by atomic mass is 19.4. The number of carbonyl (C=O) groups is 1. The number of hydrogen-bond donors (Lipinski definition) is 2. The SMILES string of the molecule is COc1ccc(OC(=O)C(F)(F)F)c2c(=O)[nH]c(Nc3nc(C)c4c(OC)ccc(C)c4n3)nc12. The van der Waals surface area contributed by atoms with Gasteiger partial charge in [-0.2, -0.15) is 13.2 Å². The van der Waals surface area contributed by atoms with Crippen molar-refractivity contribution in [2.45, 2.75) is 20.0 Å². The minimum atomic E-state index is -5.25. The minimum absolute atomic E-state index is 0.0668. The lowest BCUT2D eigenvalue weighted by molar-refractivity contribution is -0.189. The fourth-order valence-corrected chi connectivity index (χ4v) is 3.51. The number of halogens is 3. The average molecular weight is 489 g/mol. The van der Waals surface area contributed by atoms with Crippen LogP contribution in [0.5, 0.6) is 17.2 Å². The van der Waals surface area contributed by atoms with Crippen molar-refractivity contribution in [1.82, 2.24) is 19.9 Å². The molecular weight excluding hydrogens is 471 g/mol. The van der Waals surface area contributed by atoms with Gasteiger partial charge in [0.1, 0.15) is 28.2 Å². The van der Waals surface area contributed by atoms with Crippen LogP contribution in [0.25, 0.3) is 21.8 Å². The molecule has 4 rings (SSSR count). The van der Waals surface area contributed by atoms with E-state index in [1.165, 1.54) is 20.3 Å². The number of hydrogen-bond acceptors (Lipinski definition) is 9. The molecule has 0 saturated heterocycles. The maximum atomic E-state index is 12.8. The van der Waals surface area contributed by atoms with Crippen LogP contribution in [0.1, 0.15) is 11.3 Å². The lowest BCUT2D eigenvalue weighted by Gasteiger charge is -2.13. The lowest BCUT2D eigenvalue weighted by Crippen LogP contribution is -2.28. The number of aryl methyl sites for hydroxylation is 2. The van der Waals surface area contributed by atoms with Crippen LogP contribution in [0.15, 0.2) is 29.1 Å². The van der Waals surface area contributed by atoms with Crippen molar-refractivity contribution in [3.05, 3.63) is 45.9 Å². The molecule has 0 aliphatic rings. The van der Waals surface area contributed by atoms with Gasteiger partial charge in [0, 0.05) is 0 Å². The molecule has 0 fully saturated rings. The molecule has 0 aliphatic heterocycles. The van der Waals surface area contributed by atoms with Gasteiger partial charge in [-0.15, -0.1) is 0 Å². The topological polar surface area (TPSA) is 128 Å². The summed E-state index contributed by atoms with van der Waals surface area (Å²) >= 11 is 0. The predicted octanol–water partition coefficient (Wildman–Crippen LogP) is 3.71. The van der Waals surface area contributed by atoms with E-state index in [1.807, 2.05) is 13.0 Å². The second-order valence-corrected chi connectivity index (χ2v) is 7.36. The minimum Gasteiger partial charge on any atom is -0.496 e. The Hall–Kier alpha value is -4.42. The summed E-state index contributed by atoms with van der Waals surface area (Å²) in [6.07, 6.45) is -5.25. The first kappa shape index (κ1) is 23.7. The van der Waals surface area contributed by atoms with Crippen LogP contribution in [0.3, 0.4) is 0 Å². The van der Waals surface area contributed by atoms with Gasteiger partial charge in [0.05, 0.1) is 30.8 Å². The maximum Gasteiger partial charge on any atom is 0.491 e. The summed E-state index contributed by atoms with van der Waals surface area (Å²) in [6, 6.07) is 5.88. The van der Waals surface area contributed by atoms with E-state index in [0.29, 0.717) is 17.0 Å². The zero-order valence-corrected chi connectivity index (χ0v) is 18.8. The molecule has 2 aromatic carbocycles. The third-order valence-electron chi connectivity index (χ3n) is 5.08. The van der Waals surface area contributed by atoms with E-state index in [1.54, 1.807) is 13.0 Å². The Labute approximate surface area is 195 Å². The molecule has 0 bridgehead atoms. The summed E-state index contributed by atoms with van der Waals surface area (Å²) in [7, 11) is 2.82. The van der Waals surface area contributed by atoms with E-state index < -0.39 is 28.8 Å². The van der Waals surface area contributed by atoms with Crippen LogP contribution in [0, 0.1) is 13.8 Å². The van der Waals surface area contributed by atoms with Crippen molar-refractivity contribution in [2.75, 3.05) is 19.5 Å². The first-order chi connectivity index (χ1) is 16.5. The number of aromatic nitrogens is 4. The number of anilines is 2. The van der Waals surface area contributed by atoms with Gasteiger partial charge in [0.25, 0.3) is 5.56 Å². The van der Waals surface area contributed by atoms with E-state index in [-0.39, 0.29) is 23.2 Å². The Kier molecular flexibility index (Phi) is 5.92. The molecule has 13 heteroatoms. The van der Waals surface area contributed by atoms with Crippen molar-refractivity contribution >= 4 is 39.7 Å². The lowest BCUT2D eigenvalue weighted by atomic mass is 10.1. The molecule has 0 aliphatic carbocycles. The highest BCUT2D eigenvalue weighted by molar-refractivity contribution is 5.93. The quantitative estimate of drug-likeness (QED) is 0.318. The number of aromatic amines is 1. The summed E-state index contributed by atoms with van der Waals surface area (Å²) in [5.74, 6) is -2.44. The van der Waals surface area contributed by atoms with Crippen molar-refractivity contribution in [3.63, 3.8) is 0 Å². The second-order valence-electron chi connectivity index (χ2n) is 7.36. The van der Waals surface area contributed by atoms with Gasteiger partial charge in [-0.25, -0.2) is 19.7 Å². The third kappa shape index (κ3) is 4.39. The van der Waals surface area contributed by atoms with Gasteiger partial charge >= 0.3 is 12.1 Å². The Morgan fingerprint density at radius 2 is 1.57 bits per heavy atom. The predicted molar refractivity (Wildman–Crippen MR) is 119 cm³/mol. The smallest absolute Gasteiger partial charge is 0.491 e. The summed E-state index contributed by atoms with van der Waals surface area (Å²) in [5.41, 5.74) is 1.05. The largest absolute Gasteiger partial charge is 0.496 e. The molecular formula is C22H18F3N5O5. The summed E-state index contributed by atoms with van der Waals surface area (Å²) < 4.78 is 53.0. The first-order valence-electron chi connectivity index (χ1n) is 10.0. The van der Waals surface area contributed by atoms with Crippen LogP contribution >= 0.6 is 0 Å². The summed E-state index contributed by atoms with van der Waals surface area (Å²) in [5, 5.41) is 3.12. The number of benzene rings is 2. The highest BCUT2D eigenvalue weighted by Crippen LogP contribution is 2.33. The van der Waals surface area contributed by atoms with Crippen molar-refractivity contribution in [2.24, 2.45) is 0 Å². The van der Waals surface area contributed by atoms with Crippen molar-refractivity contribution in [1.29, 1.82) is 0 Å². The highest BCUT2D eigenvalue weighted by Gasteiger charge is 2.41. The maximum absolute atomic E-state index is 12.8. The van der Waals surface area contributed by atoms with E-state index in [9.17, 15) is 22.8 Å². The number of nitrogens with one attached hydrogen (secondary N) is 2. The fraction of sp³-hybridized carbons (Fsp3) is 0.227. The Morgan fingerprint density at radius 1 is 0.914 bits per heavy atom. The molecule has 2 N–H and O–H groups in total. The molecule has 0 atom stereocenters. The number of alkyl halides is 3. The zero-order valence-electron chi connectivity index (χ0n) is 18.8. The van der Waals surface area contributed by atoms with Gasteiger partial charge in [-0.05, 0) is 37.6 Å². The second kappa shape index (κ2) is 8.74. The Morgan fingerprint density at radius 3 is 2.23 bits per heavy atom. The monoisotopic (exact) mass is 489 g/mol. The van der Waals surface area contributed by atoms with E-state index in [2.05, 4.69) is 30.0 Å². The van der Waals surface area contributed by atoms with E-state index in [4.69, 9.17) is 9.47 Å². The molecule has 4 aromatic rings. The van der Waals surface area contributed by atoms with E-state index >= 15 is 0 Å². The number of esters is 1. The Bertz CT molecular complexity index is 1530. The molecule has 0 radical (unpaired) electrons. The van der Waals surface area contributed by atoms with Gasteiger partial charge in [-0.1, -0.05) is 6.07 Å². The molecule has 10 nitrogen and oxygen atoms in total. The number of fused-ring (bicyclic) bond motifs is 2. The number of methoxy groups -OCH3 is 2. The van der Waals surface area contributed by atoms with Crippen LogP contribution < -0.4 is 25.1 Å². The molecule has 182 valence electrons. The van der Waals surface area contributed by atoms with Gasteiger partial charge < -0.3 is 14.2 Å². The molecule has 0 amide bonds. The van der Waals surface area contributed by atoms with Crippen molar-refractivity contribution < 1.29 is 32.2 Å².